The number of aromatic nitrogens is 2. The normalized spacial score (nSPS) is 11.5. The molecule has 0 bridgehead atoms. The molecule has 0 saturated carbocycles. The van der Waals surface area contributed by atoms with Crippen molar-refractivity contribution in [1.82, 2.24) is 9.97 Å². The maximum Gasteiger partial charge on any atom is 0.303 e. The third kappa shape index (κ3) is 7.89. The van der Waals surface area contributed by atoms with Gasteiger partial charge in [-0.1, -0.05) is 73.5 Å². The smallest absolute Gasteiger partial charge is 0.303 e. The second-order valence-electron chi connectivity index (χ2n) is 10.1. The van der Waals surface area contributed by atoms with Gasteiger partial charge < -0.3 is 14.7 Å². The van der Waals surface area contributed by atoms with Crippen LogP contribution in [0, 0.1) is 19.3 Å². The summed E-state index contributed by atoms with van der Waals surface area (Å²) in [6.45, 7) is 9.88. The molecule has 0 aliphatic carbocycles. The molecule has 1 aromatic heterocycles. The van der Waals surface area contributed by atoms with E-state index in [9.17, 15) is 4.79 Å². The van der Waals surface area contributed by atoms with E-state index in [2.05, 4.69) is 67.3 Å². The zero-order chi connectivity index (χ0) is 25.4. The molecule has 186 valence electrons. The van der Waals surface area contributed by atoms with Gasteiger partial charge in [-0.15, -0.1) is 0 Å². The molecule has 0 atom stereocenters. The second-order valence-corrected chi connectivity index (χ2v) is 10.1. The third-order valence-electron chi connectivity index (χ3n) is 5.96. The number of anilines is 1. The van der Waals surface area contributed by atoms with Crippen molar-refractivity contribution in [1.29, 1.82) is 0 Å². The van der Waals surface area contributed by atoms with Gasteiger partial charge in [-0.3, -0.25) is 9.78 Å². The number of carbonyl (C=O) groups is 1. The summed E-state index contributed by atoms with van der Waals surface area (Å²) in [6, 6.07) is 16.8. The van der Waals surface area contributed by atoms with Crippen LogP contribution in [0.1, 0.15) is 44.2 Å². The summed E-state index contributed by atoms with van der Waals surface area (Å²) in [5.41, 5.74) is 5.92. The molecule has 1 heterocycles. The van der Waals surface area contributed by atoms with Crippen LogP contribution >= 0.6 is 0 Å². The molecule has 0 saturated heterocycles. The van der Waals surface area contributed by atoms with Gasteiger partial charge in [0.1, 0.15) is 5.82 Å². The lowest BCUT2D eigenvalue weighted by Gasteiger charge is -2.22. The maximum atomic E-state index is 10.9. The van der Waals surface area contributed by atoms with Gasteiger partial charge in [0, 0.05) is 31.3 Å². The number of nitrogens with zero attached hydrogens (tertiary/aromatic N) is 3. The Morgan fingerprint density at radius 1 is 0.943 bits per heavy atom. The first kappa shape index (κ1) is 26.4. The van der Waals surface area contributed by atoms with Gasteiger partial charge in [0.25, 0.3) is 0 Å². The van der Waals surface area contributed by atoms with Crippen LogP contribution in [-0.2, 0) is 9.53 Å². The van der Waals surface area contributed by atoms with Gasteiger partial charge >= 0.3 is 5.97 Å². The standard InChI is InChI=1S/C29H37N3O3/c1-21-8-12-23(13-9-21)27-28(24-14-10-22(2)11-15-24)31-25(19-30-27)32(5)16-6-7-17-35-20-29(3,4)18-26(33)34/h8-15,19H,6-7,16-18,20H2,1-5H3,(H,33,34). The van der Waals surface area contributed by atoms with Crippen LogP contribution < -0.4 is 4.90 Å². The van der Waals surface area contributed by atoms with Crippen molar-refractivity contribution in [3.8, 4) is 22.5 Å². The first-order chi connectivity index (χ1) is 16.6. The topological polar surface area (TPSA) is 75.6 Å². The van der Waals surface area contributed by atoms with Crippen LogP contribution in [-0.4, -0.2) is 47.8 Å². The Bertz CT molecular complexity index is 1110. The number of aryl methyl sites for hydroxylation is 2. The number of carboxylic acid groups (broad SMARTS) is 1. The van der Waals surface area contributed by atoms with E-state index in [1.807, 2.05) is 27.1 Å². The number of hydrogen-bond acceptors (Lipinski definition) is 5. The SMILES string of the molecule is Cc1ccc(-c2ncc(N(C)CCCCOCC(C)(C)CC(=O)O)nc2-c2ccc(C)cc2)cc1. The largest absolute Gasteiger partial charge is 0.481 e. The van der Waals surface area contributed by atoms with Crippen LogP contribution in [0.15, 0.2) is 54.7 Å². The predicted octanol–water partition coefficient (Wildman–Crippen LogP) is 6.16. The Labute approximate surface area is 209 Å². The molecule has 0 fully saturated rings. The molecule has 0 radical (unpaired) electrons. The molecule has 1 N–H and O–H groups in total. The fraction of sp³-hybridized carbons (Fsp3) is 0.414. The Morgan fingerprint density at radius 2 is 1.51 bits per heavy atom. The van der Waals surface area contributed by atoms with E-state index in [0.717, 1.165) is 47.7 Å². The van der Waals surface area contributed by atoms with Crippen LogP contribution in [0.3, 0.4) is 0 Å². The number of benzene rings is 2. The average molecular weight is 476 g/mol. The summed E-state index contributed by atoms with van der Waals surface area (Å²) in [4.78, 5) is 22.9. The van der Waals surface area contributed by atoms with E-state index >= 15 is 0 Å². The lowest BCUT2D eigenvalue weighted by molar-refractivity contribution is -0.140. The highest BCUT2D eigenvalue weighted by molar-refractivity contribution is 5.79. The van der Waals surface area contributed by atoms with Crippen molar-refractivity contribution in [2.24, 2.45) is 5.41 Å². The zero-order valence-electron chi connectivity index (χ0n) is 21.5. The number of ether oxygens (including phenoxy) is 1. The molecule has 0 amide bonds. The summed E-state index contributed by atoms with van der Waals surface area (Å²) < 4.78 is 5.74. The molecular weight excluding hydrogens is 438 g/mol. The third-order valence-corrected chi connectivity index (χ3v) is 5.96. The Kier molecular flexibility index (Phi) is 8.99. The minimum Gasteiger partial charge on any atom is -0.481 e. The van der Waals surface area contributed by atoms with Crippen molar-refractivity contribution in [3.63, 3.8) is 0 Å². The van der Waals surface area contributed by atoms with Crippen LogP contribution in [0.25, 0.3) is 22.5 Å². The van der Waals surface area contributed by atoms with Gasteiger partial charge in [0.05, 0.1) is 30.6 Å². The molecule has 6 heteroatoms. The highest BCUT2D eigenvalue weighted by Gasteiger charge is 2.22. The highest BCUT2D eigenvalue weighted by Crippen LogP contribution is 2.31. The molecular formula is C29H37N3O3. The lowest BCUT2D eigenvalue weighted by atomic mass is 9.91. The molecule has 3 aromatic rings. The average Bonchev–Trinajstić information content (AvgIpc) is 2.81. The minimum absolute atomic E-state index is 0.107. The molecule has 3 rings (SSSR count). The van der Waals surface area contributed by atoms with Crippen molar-refractivity contribution in [3.05, 3.63) is 65.9 Å². The van der Waals surface area contributed by atoms with E-state index < -0.39 is 5.97 Å². The lowest BCUT2D eigenvalue weighted by Crippen LogP contribution is -2.24. The number of hydrogen-bond donors (Lipinski definition) is 1. The van der Waals surface area contributed by atoms with Gasteiger partial charge in [0.15, 0.2) is 0 Å². The predicted molar refractivity (Wildman–Crippen MR) is 142 cm³/mol. The number of rotatable bonds is 12. The molecule has 0 spiro atoms. The summed E-state index contributed by atoms with van der Waals surface area (Å²) in [5, 5.41) is 8.98. The Morgan fingerprint density at radius 3 is 2.09 bits per heavy atom. The van der Waals surface area contributed by atoms with Gasteiger partial charge in [-0.25, -0.2) is 4.98 Å². The van der Waals surface area contributed by atoms with Gasteiger partial charge in [-0.05, 0) is 32.1 Å². The molecule has 2 aromatic carbocycles. The summed E-state index contributed by atoms with van der Waals surface area (Å²) >= 11 is 0. The van der Waals surface area contributed by atoms with Gasteiger partial charge in [0.2, 0.25) is 0 Å². The van der Waals surface area contributed by atoms with Crippen molar-refractivity contribution >= 4 is 11.8 Å². The minimum atomic E-state index is -0.792. The fourth-order valence-corrected chi connectivity index (χ4v) is 3.88. The van der Waals surface area contributed by atoms with Gasteiger partial charge in [-0.2, -0.15) is 0 Å². The van der Waals surface area contributed by atoms with E-state index in [4.69, 9.17) is 19.8 Å². The van der Waals surface area contributed by atoms with Crippen LogP contribution in [0.5, 0.6) is 0 Å². The second kappa shape index (κ2) is 11.9. The Hall–Kier alpha value is -3.25. The van der Waals surface area contributed by atoms with Crippen LogP contribution in [0.4, 0.5) is 5.82 Å². The Balaban J connectivity index is 1.66. The molecule has 0 aliphatic rings. The first-order valence-electron chi connectivity index (χ1n) is 12.2. The monoisotopic (exact) mass is 475 g/mol. The summed E-state index contributed by atoms with van der Waals surface area (Å²) in [5.74, 6) is 0.0414. The number of unbranched alkanes of at least 4 members (excludes halogenated alkanes) is 1. The summed E-state index contributed by atoms with van der Waals surface area (Å²) in [7, 11) is 2.03. The summed E-state index contributed by atoms with van der Waals surface area (Å²) in [6.07, 6.45) is 3.79. The zero-order valence-corrected chi connectivity index (χ0v) is 21.5. The molecule has 35 heavy (non-hydrogen) atoms. The first-order valence-corrected chi connectivity index (χ1v) is 12.2. The number of carboxylic acids is 1. The van der Waals surface area contributed by atoms with Crippen LogP contribution in [0.2, 0.25) is 0 Å². The molecule has 0 aliphatic heterocycles. The van der Waals surface area contributed by atoms with E-state index in [-0.39, 0.29) is 11.8 Å². The highest BCUT2D eigenvalue weighted by atomic mass is 16.5. The fourth-order valence-electron chi connectivity index (χ4n) is 3.88. The van der Waals surface area contributed by atoms with Crippen molar-refractivity contribution < 1.29 is 14.6 Å². The van der Waals surface area contributed by atoms with E-state index in [1.54, 1.807) is 0 Å². The maximum absolute atomic E-state index is 10.9. The van der Waals surface area contributed by atoms with Crippen molar-refractivity contribution in [2.75, 3.05) is 31.7 Å². The van der Waals surface area contributed by atoms with E-state index in [1.165, 1.54) is 11.1 Å². The number of aliphatic carboxylic acids is 1. The quantitative estimate of drug-likeness (QED) is 0.316. The van der Waals surface area contributed by atoms with E-state index in [0.29, 0.717) is 13.2 Å². The molecule has 0 unspecified atom stereocenters. The van der Waals surface area contributed by atoms with Crippen molar-refractivity contribution in [2.45, 2.75) is 47.0 Å². The molecule has 6 nitrogen and oxygen atoms in total.